The number of sulfonamides is 1. The third-order valence-electron chi connectivity index (χ3n) is 3.65. The monoisotopic (exact) mass is 328 g/mol. The Balaban J connectivity index is 2.37. The van der Waals surface area contributed by atoms with Crippen LogP contribution >= 0.6 is 11.6 Å². The zero-order valence-electron chi connectivity index (χ0n) is 11.2. The fourth-order valence-corrected chi connectivity index (χ4v) is 3.95. The molecule has 1 aliphatic rings. The molecule has 6 nitrogen and oxygen atoms in total. The molecule has 21 heavy (non-hydrogen) atoms. The molecule has 0 aromatic heterocycles. The van der Waals surface area contributed by atoms with Crippen molar-refractivity contribution in [3.8, 4) is 6.07 Å². The van der Waals surface area contributed by atoms with E-state index in [1.807, 2.05) is 6.07 Å². The van der Waals surface area contributed by atoms with Gasteiger partial charge in [0.05, 0.1) is 20.9 Å². The fraction of sp³-hybridized carbons (Fsp3) is 0.385. The average molecular weight is 329 g/mol. The van der Waals surface area contributed by atoms with E-state index < -0.39 is 21.4 Å². The van der Waals surface area contributed by atoms with Gasteiger partial charge >= 0.3 is 5.97 Å². The van der Waals surface area contributed by atoms with Crippen molar-refractivity contribution in [2.75, 3.05) is 13.1 Å². The maximum Gasteiger partial charge on any atom is 0.310 e. The Morgan fingerprint density at radius 2 is 2.19 bits per heavy atom. The second-order valence-corrected chi connectivity index (χ2v) is 7.55. The van der Waals surface area contributed by atoms with E-state index in [0.717, 1.165) is 4.31 Å². The van der Waals surface area contributed by atoms with E-state index in [-0.39, 0.29) is 35.0 Å². The highest BCUT2D eigenvalue weighted by Gasteiger charge is 2.44. The van der Waals surface area contributed by atoms with Gasteiger partial charge in [0, 0.05) is 13.1 Å². The van der Waals surface area contributed by atoms with Crippen molar-refractivity contribution in [3.05, 3.63) is 28.8 Å². The zero-order valence-corrected chi connectivity index (χ0v) is 12.8. The maximum atomic E-state index is 12.5. The summed E-state index contributed by atoms with van der Waals surface area (Å²) in [4.78, 5) is 11.1. The molecule has 1 saturated heterocycles. The summed E-state index contributed by atoms with van der Waals surface area (Å²) in [6.45, 7) is 1.57. The van der Waals surface area contributed by atoms with Crippen molar-refractivity contribution in [3.63, 3.8) is 0 Å². The van der Waals surface area contributed by atoms with Crippen molar-refractivity contribution in [1.29, 1.82) is 5.26 Å². The van der Waals surface area contributed by atoms with E-state index in [2.05, 4.69) is 0 Å². The zero-order chi connectivity index (χ0) is 15.8. The Kier molecular flexibility index (Phi) is 3.97. The summed E-state index contributed by atoms with van der Waals surface area (Å²) >= 11 is 5.78. The average Bonchev–Trinajstić information content (AvgIpc) is 2.84. The molecule has 2 rings (SSSR count). The van der Waals surface area contributed by atoms with Crippen molar-refractivity contribution in [2.45, 2.75) is 18.2 Å². The summed E-state index contributed by atoms with van der Waals surface area (Å²) in [5.74, 6) is -1.02. The summed E-state index contributed by atoms with van der Waals surface area (Å²) in [6.07, 6.45) is 0.250. The van der Waals surface area contributed by atoms with Crippen molar-refractivity contribution in [2.24, 2.45) is 5.41 Å². The Morgan fingerprint density at radius 1 is 1.52 bits per heavy atom. The molecule has 112 valence electrons. The number of aliphatic carboxylic acids is 1. The van der Waals surface area contributed by atoms with E-state index in [0.29, 0.717) is 0 Å². The van der Waals surface area contributed by atoms with Crippen LogP contribution in [0.4, 0.5) is 0 Å². The minimum absolute atomic E-state index is 0.0573. The summed E-state index contributed by atoms with van der Waals surface area (Å²) in [7, 11) is -3.83. The molecule has 1 unspecified atom stereocenters. The van der Waals surface area contributed by atoms with Crippen LogP contribution in [-0.2, 0) is 14.8 Å². The Labute approximate surface area is 127 Å². The van der Waals surface area contributed by atoms with Crippen LogP contribution in [0.3, 0.4) is 0 Å². The highest BCUT2D eigenvalue weighted by molar-refractivity contribution is 7.89. The highest BCUT2D eigenvalue weighted by Crippen LogP contribution is 2.34. The molecule has 1 aromatic rings. The van der Waals surface area contributed by atoms with Crippen LogP contribution in [0.1, 0.15) is 18.9 Å². The predicted octanol–water partition coefficient (Wildman–Crippen LogP) is 1.70. The second kappa shape index (κ2) is 5.30. The minimum Gasteiger partial charge on any atom is -0.481 e. The molecule has 8 heteroatoms. The second-order valence-electron chi connectivity index (χ2n) is 5.21. The molecular weight excluding hydrogens is 316 g/mol. The fourth-order valence-electron chi connectivity index (χ4n) is 2.20. The lowest BCUT2D eigenvalue weighted by Gasteiger charge is -2.20. The summed E-state index contributed by atoms with van der Waals surface area (Å²) < 4.78 is 26.1. The predicted molar refractivity (Wildman–Crippen MR) is 75.3 cm³/mol. The van der Waals surface area contributed by atoms with Crippen LogP contribution in [0, 0.1) is 16.7 Å². The Bertz CT molecular complexity index is 741. The Morgan fingerprint density at radius 3 is 2.71 bits per heavy atom. The molecule has 1 fully saturated rings. The first kappa shape index (κ1) is 15.8. The van der Waals surface area contributed by atoms with Crippen LogP contribution in [-0.4, -0.2) is 36.9 Å². The number of carboxylic acids is 1. The van der Waals surface area contributed by atoms with Crippen molar-refractivity contribution < 1.29 is 18.3 Å². The first-order chi connectivity index (χ1) is 9.70. The first-order valence-corrected chi connectivity index (χ1v) is 7.96. The number of nitriles is 1. The molecule has 1 N–H and O–H groups in total. The largest absolute Gasteiger partial charge is 0.481 e. The van der Waals surface area contributed by atoms with Gasteiger partial charge in [0.25, 0.3) is 0 Å². The third-order valence-corrected chi connectivity index (χ3v) is 5.82. The highest BCUT2D eigenvalue weighted by atomic mass is 35.5. The van der Waals surface area contributed by atoms with Gasteiger partial charge in [0.1, 0.15) is 6.07 Å². The quantitative estimate of drug-likeness (QED) is 0.910. The number of halogens is 1. The molecule has 0 radical (unpaired) electrons. The molecule has 1 atom stereocenters. The Hall–Kier alpha value is -1.62. The molecule has 0 aliphatic carbocycles. The normalized spacial score (nSPS) is 22.9. The van der Waals surface area contributed by atoms with Gasteiger partial charge in [-0.2, -0.15) is 9.57 Å². The van der Waals surface area contributed by atoms with Gasteiger partial charge in [-0.25, -0.2) is 8.42 Å². The van der Waals surface area contributed by atoms with Gasteiger partial charge < -0.3 is 5.11 Å². The van der Waals surface area contributed by atoms with Gasteiger partial charge in [-0.15, -0.1) is 0 Å². The van der Waals surface area contributed by atoms with E-state index in [9.17, 15) is 13.2 Å². The van der Waals surface area contributed by atoms with Gasteiger partial charge in [-0.05, 0) is 31.5 Å². The number of hydrogen-bond acceptors (Lipinski definition) is 4. The summed E-state index contributed by atoms with van der Waals surface area (Å²) in [5, 5.41) is 18.2. The van der Waals surface area contributed by atoms with Crippen LogP contribution in [0.15, 0.2) is 23.1 Å². The number of nitrogens with zero attached hydrogens (tertiary/aromatic N) is 2. The number of carbonyl (C=O) groups is 1. The van der Waals surface area contributed by atoms with Gasteiger partial charge in [0.2, 0.25) is 10.0 Å². The van der Waals surface area contributed by atoms with Gasteiger partial charge in [-0.1, -0.05) is 11.6 Å². The summed E-state index contributed by atoms with van der Waals surface area (Å²) in [6, 6.07) is 5.69. The summed E-state index contributed by atoms with van der Waals surface area (Å²) in [5.41, 5.74) is -1.02. The van der Waals surface area contributed by atoms with Crippen LogP contribution in [0.25, 0.3) is 0 Å². The minimum atomic E-state index is -3.83. The first-order valence-electron chi connectivity index (χ1n) is 6.14. The van der Waals surface area contributed by atoms with Crippen molar-refractivity contribution in [1.82, 2.24) is 4.31 Å². The van der Waals surface area contributed by atoms with E-state index in [4.69, 9.17) is 22.0 Å². The standard InChI is InChI=1S/C13H13ClN2O4S/c1-13(12(17)18)4-5-16(8-13)21(19,20)10-2-3-11(14)9(6-10)7-15/h2-3,6H,4-5,8H2,1H3,(H,17,18). The van der Waals surface area contributed by atoms with Gasteiger partial charge in [-0.3, -0.25) is 4.79 Å². The third kappa shape index (κ3) is 2.75. The molecule has 1 aromatic carbocycles. The molecule has 0 amide bonds. The van der Waals surface area contributed by atoms with E-state index in [1.54, 1.807) is 0 Å². The number of carboxylic acid groups (broad SMARTS) is 1. The van der Waals surface area contributed by atoms with Gasteiger partial charge in [0.15, 0.2) is 0 Å². The topological polar surface area (TPSA) is 98.5 Å². The van der Waals surface area contributed by atoms with E-state index in [1.165, 1.54) is 25.1 Å². The number of benzene rings is 1. The lowest BCUT2D eigenvalue weighted by atomic mass is 9.90. The smallest absolute Gasteiger partial charge is 0.310 e. The lowest BCUT2D eigenvalue weighted by Crippen LogP contribution is -2.34. The molecule has 1 aliphatic heterocycles. The molecule has 0 bridgehead atoms. The molecule has 0 spiro atoms. The van der Waals surface area contributed by atoms with Crippen LogP contribution < -0.4 is 0 Å². The SMILES string of the molecule is CC1(C(=O)O)CCN(S(=O)(=O)c2ccc(Cl)c(C#N)c2)C1. The molecular formula is C13H13ClN2O4S. The van der Waals surface area contributed by atoms with Crippen molar-refractivity contribution >= 4 is 27.6 Å². The molecule has 0 saturated carbocycles. The molecule has 1 heterocycles. The van der Waals surface area contributed by atoms with Crippen LogP contribution in [0.2, 0.25) is 5.02 Å². The number of hydrogen-bond donors (Lipinski definition) is 1. The van der Waals surface area contributed by atoms with Crippen LogP contribution in [0.5, 0.6) is 0 Å². The number of rotatable bonds is 3. The van der Waals surface area contributed by atoms with E-state index >= 15 is 0 Å². The lowest BCUT2D eigenvalue weighted by molar-refractivity contribution is -0.146. The maximum absolute atomic E-state index is 12.5.